The fraction of sp³-hybridized carbons (Fsp3) is 0.111. The van der Waals surface area contributed by atoms with E-state index in [9.17, 15) is 14.7 Å². The Morgan fingerprint density at radius 1 is 1.08 bits per heavy atom. The molecule has 6 nitrogen and oxygen atoms in total. The number of carbonyl (C=O) groups excluding carboxylic acids is 2. The van der Waals surface area contributed by atoms with Crippen molar-refractivity contribution in [2.24, 2.45) is 0 Å². The highest BCUT2D eigenvalue weighted by Crippen LogP contribution is 2.39. The van der Waals surface area contributed by atoms with E-state index in [1.807, 2.05) is 0 Å². The average Bonchev–Trinajstić information content (AvgIpc) is 3.03. The summed E-state index contributed by atoms with van der Waals surface area (Å²) in [6.45, 7) is 0. The van der Waals surface area contributed by atoms with Gasteiger partial charge >= 0.3 is 0 Å². The zero-order valence-electron chi connectivity index (χ0n) is 12.8. The minimum absolute atomic E-state index is 0.266. The van der Waals surface area contributed by atoms with E-state index >= 15 is 0 Å². The van der Waals surface area contributed by atoms with Crippen LogP contribution in [0.5, 0.6) is 5.75 Å². The van der Waals surface area contributed by atoms with Crippen LogP contribution in [-0.2, 0) is 10.4 Å². The molecule has 0 bridgehead atoms. The number of aromatic nitrogens is 1. The number of amides is 2. The Labute approximate surface area is 137 Å². The summed E-state index contributed by atoms with van der Waals surface area (Å²) in [6, 6.07) is 11.9. The van der Waals surface area contributed by atoms with Crippen LogP contribution in [0.2, 0.25) is 0 Å². The highest BCUT2D eigenvalue weighted by Gasteiger charge is 2.48. The molecule has 6 heteroatoms. The number of aliphatic hydroxyl groups is 1. The molecule has 4 rings (SSSR count). The quantitative estimate of drug-likeness (QED) is 0.626. The Morgan fingerprint density at radius 3 is 2.67 bits per heavy atom. The van der Waals surface area contributed by atoms with Gasteiger partial charge in [-0.2, -0.15) is 0 Å². The standard InChI is InChI=1S/C18H14N2O4/c1-24-10-6-7-15-12(8-10)14(9-19-15)18(23)13-5-3-2-4-11(13)16(21)20-17(18)22/h2-9,19,23H,1H3,(H,20,21,22). The van der Waals surface area contributed by atoms with Gasteiger partial charge in [0.1, 0.15) is 5.75 Å². The maximum Gasteiger partial charge on any atom is 0.268 e. The normalized spacial score (nSPS) is 19.9. The molecule has 24 heavy (non-hydrogen) atoms. The van der Waals surface area contributed by atoms with E-state index in [2.05, 4.69) is 10.3 Å². The van der Waals surface area contributed by atoms with Gasteiger partial charge in [-0.3, -0.25) is 14.9 Å². The average molecular weight is 322 g/mol. The highest BCUT2D eigenvalue weighted by atomic mass is 16.5. The first-order chi connectivity index (χ1) is 11.6. The summed E-state index contributed by atoms with van der Waals surface area (Å²) in [7, 11) is 1.55. The van der Waals surface area contributed by atoms with Crippen molar-refractivity contribution in [1.82, 2.24) is 10.3 Å². The fourth-order valence-electron chi connectivity index (χ4n) is 3.17. The Bertz CT molecular complexity index is 992. The maximum atomic E-state index is 12.6. The highest BCUT2D eigenvalue weighted by molar-refractivity contribution is 6.14. The molecule has 1 aliphatic rings. The second-order valence-electron chi connectivity index (χ2n) is 5.65. The van der Waals surface area contributed by atoms with E-state index in [1.54, 1.807) is 55.8 Å². The molecule has 1 atom stereocenters. The number of nitrogens with one attached hydrogen (secondary N) is 2. The molecule has 1 unspecified atom stereocenters. The van der Waals surface area contributed by atoms with Crippen LogP contribution >= 0.6 is 0 Å². The molecule has 2 heterocycles. The first-order valence-corrected chi connectivity index (χ1v) is 7.39. The van der Waals surface area contributed by atoms with Gasteiger partial charge in [-0.25, -0.2) is 0 Å². The third-order valence-electron chi connectivity index (χ3n) is 4.40. The predicted octanol–water partition coefficient (Wildman–Crippen LogP) is 1.68. The maximum absolute atomic E-state index is 12.6. The van der Waals surface area contributed by atoms with Crippen LogP contribution in [-0.4, -0.2) is 29.0 Å². The van der Waals surface area contributed by atoms with Crippen LogP contribution in [0.1, 0.15) is 21.5 Å². The number of imide groups is 1. The van der Waals surface area contributed by atoms with Crippen molar-refractivity contribution in [3.8, 4) is 5.75 Å². The van der Waals surface area contributed by atoms with Gasteiger partial charge in [0.25, 0.3) is 11.8 Å². The number of hydrogen-bond acceptors (Lipinski definition) is 4. The van der Waals surface area contributed by atoms with Crippen molar-refractivity contribution >= 4 is 22.7 Å². The molecule has 3 N–H and O–H groups in total. The van der Waals surface area contributed by atoms with Gasteiger partial charge in [0, 0.05) is 33.8 Å². The van der Waals surface area contributed by atoms with Crippen molar-refractivity contribution in [3.05, 3.63) is 65.4 Å². The summed E-state index contributed by atoms with van der Waals surface area (Å²) in [5.41, 5.74) is -0.302. The van der Waals surface area contributed by atoms with E-state index in [1.165, 1.54) is 0 Å². The van der Waals surface area contributed by atoms with Crippen molar-refractivity contribution < 1.29 is 19.4 Å². The Morgan fingerprint density at radius 2 is 1.88 bits per heavy atom. The van der Waals surface area contributed by atoms with Gasteiger partial charge in [0.15, 0.2) is 5.60 Å². The largest absolute Gasteiger partial charge is 0.497 e. The van der Waals surface area contributed by atoms with Gasteiger partial charge in [-0.1, -0.05) is 18.2 Å². The van der Waals surface area contributed by atoms with Crippen molar-refractivity contribution in [2.75, 3.05) is 7.11 Å². The second-order valence-corrected chi connectivity index (χ2v) is 5.65. The molecule has 120 valence electrons. The van der Waals surface area contributed by atoms with E-state index in [0.29, 0.717) is 16.7 Å². The van der Waals surface area contributed by atoms with Gasteiger partial charge in [-0.15, -0.1) is 0 Å². The van der Waals surface area contributed by atoms with E-state index in [0.717, 1.165) is 5.52 Å². The lowest BCUT2D eigenvalue weighted by atomic mass is 9.80. The number of methoxy groups -OCH3 is 1. The predicted molar refractivity (Wildman–Crippen MR) is 86.8 cm³/mol. The van der Waals surface area contributed by atoms with Gasteiger partial charge < -0.3 is 14.8 Å². The number of carbonyl (C=O) groups is 2. The molecule has 2 aromatic carbocycles. The molecule has 2 amide bonds. The number of benzene rings is 2. The number of aromatic amines is 1. The smallest absolute Gasteiger partial charge is 0.268 e. The number of fused-ring (bicyclic) bond motifs is 2. The molecule has 0 spiro atoms. The summed E-state index contributed by atoms with van der Waals surface area (Å²) in [6.07, 6.45) is 1.58. The monoisotopic (exact) mass is 322 g/mol. The molecule has 1 aromatic heterocycles. The fourth-order valence-corrected chi connectivity index (χ4v) is 3.17. The van der Waals surface area contributed by atoms with Crippen LogP contribution in [0, 0.1) is 0 Å². The number of rotatable bonds is 2. The molecule has 0 aliphatic carbocycles. The molecular weight excluding hydrogens is 308 g/mol. The van der Waals surface area contributed by atoms with Crippen molar-refractivity contribution in [2.45, 2.75) is 5.60 Å². The third-order valence-corrected chi connectivity index (χ3v) is 4.40. The number of H-pyrrole nitrogens is 1. The summed E-state index contributed by atoms with van der Waals surface area (Å²) in [5, 5.41) is 14.2. The van der Waals surface area contributed by atoms with E-state index < -0.39 is 17.4 Å². The zero-order chi connectivity index (χ0) is 16.9. The molecule has 0 saturated heterocycles. The van der Waals surface area contributed by atoms with Crippen LogP contribution in [0.25, 0.3) is 10.9 Å². The van der Waals surface area contributed by atoms with Gasteiger partial charge in [0.2, 0.25) is 0 Å². The minimum atomic E-state index is -1.96. The molecule has 3 aromatic rings. The second kappa shape index (κ2) is 4.94. The van der Waals surface area contributed by atoms with Crippen molar-refractivity contribution in [3.63, 3.8) is 0 Å². The summed E-state index contributed by atoms with van der Waals surface area (Å²) in [4.78, 5) is 27.6. The summed E-state index contributed by atoms with van der Waals surface area (Å²) >= 11 is 0. The topological polar surface area (TPSA) is 91.4 Å². The van der Waals surface area contributed by atoms with Crippen LogP contribution in [0.4, 0.5) is 0 Å². The Kier molecular flexibility index (Phi) is 2.98. The molecule has 1 aliphatic heterocycles. The lowest BCUT2D eigenvalue weighted by Crippen LogP contribution is -2.52. The lowest BCUT2D eigenvalue weighted by molar-refractivity contribution is -0.136. The molecule has 0 saturated carbocycles. The minimum Gasteiger partial charge on any atom is -0.497 e. The van der Waals surface area contributed by atoms with Crippen LogP contribution in [0.3, 0.4) is 0 Å². The van der Waals surface area contributed by atoms with Crippen molar-refractivity contribution in [1.29, 1.82) is 0 Å². The van der Waals surface area contributed by atoms with Crippen LogP contribution < -0.4 is 10.1 Å². The first-order valence-electron chi connectivity index (χ1n) is 7.39. The summed E-state index contributed by atoms with van der Waals surface area (Å²) in [5.74, 6) is -0.680. The zero-order valence-corrected chi connectivity index (χ0v) is 12.8. The third kappa shape index (κ3) is 1.80. The molecule has 0 radical (unpaired) electrons. The first kappa shape index (κ1) is 14.5. The van der Waals surface area contributed by atoms with Crippen LogP contribution in [0.15, 0.2) is 48.7 Å². The Hall–Kier alpha value is -3.12. The number of ether oxygens (including phenoxy) is 1. The Balaban J connectivity index is 2.03. The molecule has 0 fully saturated rings. The lowest BCUT2D eigenvalue weighted by Gasteiger charge is -2.32. The van der Waals surface area contributed by atoms with Gasteiger partial charge in [-0.05, 0) is 24.3 Å². The van der Waals surface area contributed by atoms with Gasteiger partial charge in [0.05, 0.1) is 7.11 Å². The van der Waals surface area contributed by atoms with E-state index in [-0.39, 0.29) is 11.1 Å². The SMILES string of the molecule is COc1ccc2[nH]cc(C3(O)C(=O)NC(=O)c4ccccc43)c2c1. The number of hydrogen-bond donors (Lipinski definition) is 3. The summed E-state index contributed by atoms with van der Waals surface area (Å²) < 4.78 is 5.23. The molecular formula is C18H14N2O4. The van der Waals surface area contributed by atoms with E-state index in [4.69, 9.17) is 4.74 Å².